The molecule has 0 rings (SSSR count). The van der Waals surface area contributed by atoms with Crippen molar-refractivity contribution in [3.8, 4) is 24.3 Å². The van der Waals surface area contributed by atoms with Gasteiger partial charge in [0.05, 0.1) is 24.3 Å². The Labute approximate surface area is 132 Å². The molecule has 0 aromatic carbocycles. The van der Waals surface area contributed by atoms with E-state index < -0.39 is 12.1 Å². The number of unbranched alkanes of at least 4 members (excludes halogenated alkanes) is 6. The van der Waals surface area contributed by atoms with Crippen LogP contribution in [-0.4, -0.2) is 12.1 Å². The van der Waals surface area contributed by atoms with E-state index in [4.69, 9.17) is 21.0 Å². The van der Waals surface area contributed by atoms with Gasteiger partial charge in [-0.05, 0) is 25.7 Å². The summed E-state index contributed by atoms with van der Waals surface area (Å²) in [5, 5.41) is 42.8. The van der Waals surface area contributed by atoms with Crippen LogP contribution >= 0.6 is 0 Å². The highest BCUT2D eigenvalue weighted by Crippen LogP contribution is 2.11. The van der Waals surface area contributed by atoms with Crippen LogP contribution in [0, 0.1) is 45.3 Å². The van der Waals surface area contributed by atoms with Gasteiger partial charge in [-0.25, -0.2) is 0 Å². The van der Waals surface area contributed by atoms with Crippen LogP contribution in [0.4, 0.5) is 0 Å². The molecule has 0 aromatic heterocycles. The van der Waals surface area contributed by atoms with Crippen LogP contribution in [0.25, 0.3) is 0 Å². The first-order chi connectivity index (χ1) is 10.8. The molecule has 6 heteroatoms. The second-order valence-corrected chi connectivity index (χ2v) is 5.04. The van der Waals surface area contributed by atoms with Gasteiger partial charge in [-0.1, -0.05) is 25.7 Å². The van der Waals surface area contributed by atoms with E-state index in [0.29, 0.717) is 25.7 Å². The molecule has 2 atom stereocenters. The van der Waals surface area contributed by atoms with E-state index in [1.165, 1.54) is 0 Å². The van der Waals surface area contributed by atoms with E-state index in [1.54, 1.807) is 0 Å². The molecule has 22 heavy (non-hydrogen) atoms. The summed E-state index contributed by atoms with van der Waals surface area (Å²) in [4.78, 5) is 0. The highest BCUT2D eigenvalue weighted by molar-refractivity contribution is 4.92. The molecule has 0 fully saturated rings. The summed E-state index contributed by atoms with van der Waals surface area (Å²) < 4.78 is 0. The second kappa shape index (κ2) is 15.0. The average molecular weight is 298 g/mol. The molecule has 0 radical (unpaired) electrons. The zero-order valence-electron chi connectivity index (χ0n) is 12.9. The quantitative estimate of drug-likeness (QED) is 0.396. The third-order valence-corrected chi connectivity index (χ3v) is 3.18. The first kappa shape index (κ1) is 19.6. The molecule has 0 N–H and O–H groups in total. The van der Waals surface area contributed by atoms with E-state index in [1.807, 2.05) is 0 Å². The predicted octanol–water partition coefficient (Wildman–Crippen LogP) is 4.17. The number of nitriles is 4. The minimum absolute atomic E-state index is 0.503. The van der Waals surface area contributed by atoms with Crippen LogP contribution in [-0.2, 0) is 0 Å². The predicted molar refractivity (Wildman–Crippen MR) is 81.1 cm³/mol. The molecule has 6 nitrogen and oxygen atoms in total. The first-order valence-corrected chi connectivity index (χ1v) is 7.71. The van der Waals surface area contributed by atoms with Crippen molar-refractivity contribution in [1.82, 2.24) is 0 Å². The van der Waals surface area contributed by atoms with Gasteiger partial charge in [0.2, 0.25) is 0 Å². The minimum Gasteiger partial charge on any atom is -0.198 e. The van der Waals surface area contributed by atoms with E-state index in [0.717, 1.165) is 38.5 Å². The first-order valence-electron chi connectivity index (χ1n) is 7.71. The molecular formula is C16H22N6. The summed E-state index contributed by atoms with van der Waals surface area (Å²) in [7, 11) is 0. The largest absolute Gasteiger partial charge is 0.198 e. The van der Waals surface area contributed by atoms with E-state index in [9.17, 15) is 0 Å². The lowest BCUT2D eigenvalue weighted by Crippen LogP contribution is -2.04. The van der Waals surface area contributed by atoms with Gasteiger partial charge in [-0.3, -0.25) is 0 Å². The lowest BCUT2D eigenvalue weighted by molar-refractivity contribution is 0.564. The third kappa shape index (κ3) is 11.4. The highest BCUT2D eigenvalue weighted by Gasteiger charge is 2.08. The van der Waals surface area contributed by atoms with Crippen molar-refractivity contribution in [2.24, 2.45) is 10.2 Å². The molecule has 0 amide bonds. The molecule has 0 bridgehead atoms. The molecular weight excluding hydrogens is 276 g/mol. The molecule has 0 aromatic rings. The third-order valence-electron chi connectivity index (χ3n) is 3.18. The zero-order valence-corrected chi connectivity index (χ0v) is 12.9. The van der Waals surface area contributed by atoms with Crippen molar-refractivity contribution in [1.29, 1.82) is 21.0 Å². The summed E-state index contributed by atoms with van der Waals surface area (Å²) in [6, 6.07) is 7.34. The monoisotopic (exact) mass is 298 g/mol. The van der Waals surface area contributed by atoms with Crippen LogP contribution in [0.1, 0.15) is 64.2 Å². The van der Waals surface area contributed by atoms with Crippen LogP contribution < -0.4 is 0 Å². The fourth-order valence-electron chi connectivity index (χ4n) is 1.89. The van der Waals surface area contributed by atoms with Crippen molar-refractivity contribution in [3.63, 3.8) is 0 Å². The number of nitrogens with zero attached hydrogens (tertiary/aromatic N) is 6. The van der Waals surface area contributed by atoms with Crippen molar-refractivity contribution in [2.45, 2.75) is 76.3 Å². The van der Waals surface area contributed by atoms with E-state index >= 15 is 0 Å². The van der Waals surface area contributed by atoms with Gasteiger partial charge in [0.15, 0.2) is 12.1 Å². The maximum absolute atomic E-state index is 9.02. The maximum atomic E-state index is 9.02. The van der Waals surface area contributed by atoms with Crippen LogP contribution in [0.2, 0.25) is 0 Å². The molecule has 0 saturated heterocycles. The fourth-order valence-corrected chi connectivity index (χ4v) is 1.89. The maximum Gasteiger partial charge on any atom is 0.157 e. The summed E-state index contributed by atoms with van der Waals surface area (Å²) in [5.74, 6) is 0. The van der Waals surface area contributed by atoms with Crippen molar-refractivity contribution in [2.75, 3.05) is 0 Å². The average Bonchev–Trinajstić information content (AvgIpc) is 2.55. The normalized spacial score (nSPS) is 12.7. The number of hydrogen-bond acceptors (Lipinski definition) is 6. The zero-order chi connectivity index (χ0) is 16.5. The Morgan fingerprint density at radius 1 is 0.591 bits per heavy atom. The SMILES string of the molecule is N#CCCCCCC(C#N)N=NC(C#N)CCCCCC#N. The van der Waals surface area contributed by atoms with Gasteiger partial charge in [0, 0.05) is 12.8 Å². The Hall–Kier alpha value is -2.44. The molecule has 0 heterocycles. The standard InChI is InChI=1S/C16H22N6/c17-11-7-3-1-5-9-15(13-19)21-22-16(14-20)10-6-2-4-8-12-18/h15-16H,1-10H2. The summed E-state index contributed by atoms with van der Waals surface area (Å²) >= 11 is 0. The minimum atomic E-state index is -0.503. The highest BCUT2D eigenvalue weighted by atomic mass is 15.1. The Kier molecular flexibility index (Phi) is 13.3. The van der Waals surface area contributed by atoms with Crippen LogP contribution in [0.3, 0.4) is 0 Å². The Morgan fingerprint density at radius 3 is 1.32 bits per heavy atom. The van der Waals surface area contributed by atoms with Crippen molar-refractivity contribution in [3.05, 3.63) is 0 Å². The molecule has 0 spiro atoms. The Balaban J connectivity index is 3.99. The van der Waals surface area contributed by atoms with Crippen LogP contribution in [0.5, 0.6) is 0 Å². The van der Waals surface area contributed by atoms with Gasteiger partial charge >= 0.3 is 0 Å². The second-order valence-electron chi connectivity index (χ2n) is 5.04. The molecule has 116 valence electrons. The summed E-state index contributed by atoms with van der Waals surface area (Å²) in [6.07, 6.45) is 7.49. The van der Waals surface area contributed by atoms with Gasteiger partial charge in [0.25, 0.3) is 0 Å². The number of rotatable bonds is 12. The van der Waals surface area contributed by atoms with Crippen LogP contribution in [0.15, 0.2) is 10.2 Å². The molecule has 2 unspecified atom stereocenters. The summed E-state index contributed by atoms with van der Waals surface area (Å²) in [5.41, 5.74) is 0. The number of hydrogen-bond donors (Lipinski definition) is 0. The molecule has 0 aliphatic rings. The Bertz CT molecular complexity index is 427. The Morgan fingerprint density at radius 2 is 1.00 bits per heavy atom. The van der Waals surface area contributed by atoms with Gasteiger partial charge in [-0.2, -0.15) is 31.3 Å². The summed E-state index contributed by atoms with van der Waals surface area (Å²) in [6.45, 7) is 0. The molecule has 0 aliphatic carbocycles. The smallest absolute Gasteiger partial charge is 0.157 e. The van der Waals surface area contributed by atoms with E-state index in [2.05, 4.69) is 34.5 Å². The molecule has 0 saturated carbocycles. The van der Waals surface area contributed by atoms with Crippen molar-refractivity contribution >= 4 is 0 Å². The van der Waals surface area contributed by atoms with Gasteiger partial charge < -0.3 is 0 Å². The number of azo groups is 1. The molecule has 0 aliphatic heterocycles. The van der Waals surface area contributed by atoms with E-state index in [-0.39, 0.29) is 0 Å². The fraction of sp³-hybridized carbons (Fsp3) is 0.750. The lowest BCUT2D eigenvalue weighted by atomic mass is 10.1. The lowest BCUT2D eigenvalue weighted by Gasteiger charge is -2.04. The van der Waals surface area contributed by atoms with Gasteiger partial charge in [0.1, 0.15) is 0 Å². The van der Waals surface area contributed by atoms with Gasteiger partial charge in [-0.15, -0.1) is 0 Å². The topological polar surface area (TPSA) is 120 Å². The van der Waals surface area contributed by atoms with Crippen molar-refractivity contribution < 1.29 is 0 Å².